The summed E-state index contributed by atoms with van der Waals surface area (Å²) in [5.74, 6) is 0.912. The molecule has 1 heterocycles. The molecule has 168 valence electrons. The molecular formula is C22H36N4O3S. The van der Waals surface area contributed by atoms with Gasteiger partial charge < -0.3 is 15.0 Å². The van der Waals surface area contributed by atoms with Crippen LogP contribution >= 0.6 is 0 Å². The van der Waals surface area contributed by atoms with Crippen molar-refractivity contribution >= 4 is 16.0 Å². The van der Waals surface area contributed by atoms with Crippen molar-refractivity contribution in [3.05, 3.63) is 35.9 Å². The number of piperazine rings is 1. The lowest BCUT2D eigenvalue weighted by Gasteiger charge is -2.36. The van der Waals surface area contributed by atoms with Gasteiger partial charge in [-0.2, -0.15) is 4.31 Å². The summed E-state index contributed by atoms with van der Waals surface area (Å²) in [7, 11) is -1.48. The minimum Gasteiger partial charge on any atom is -0.378 e. The van der Waals surface area contributed by atoms with Crippen LogP contribution in [-0.4, -0.2) is 81.8 Å². The molecule has 8 heteroatoms. The van der Waals surface area contributed by atoms with Crippen LogP contribution in [0.2, 0.25) is 0 Å². The number of hydrogen-bond donors (Lipinski definition) is 1. The van der Waals surface area contributed by atoms with Crippen LogP contribution in [0.1, 0.15) is 32.3 Å². The van der Waals surface area contributed by atoms with E-state index in [0.717, 1.165) is 18.9 Å². The Kier molecular flexibility index (Phi) is 7.76. The first-order valence-electron chi connectivity index (χ1n) is 10.9. The van der Waals surface area contributed by atoms with E-state index in [2.05, 4.69) is 45.5 Å². The summed E-state index contributed by atoms with van der Waals surface area (Å²) in [4.78, 5) is 6.61. The summed E-state index contributed by atoms with van der Waals surface area (Å²) < 4.78 is 32.1. The molecule has 7 nitrogen and oxygen atoms in total. The van der Waals surface area contributed by atoms with Gasteiger partial charge in [-0.1, -0.05) is 30.3 Å². The van der Waals surface area contributed by atoms with Crippen LogP contribution in [0.25, 0.3) is 0 Å². The minimum atomic E-state index is -3.27. The summed E-state index contributed by atoms with van der Waals surface area (Å²) in [5.41, 5.74) is 1.70. The van der Waals surface area contributed by atoms with E-state index in [-0.39, 0.29) is 18.5 Å². The lowest BCUT2D eigenvalue weighted by molar-refractivity contribution is 0.0904. The van der Waals surface area contributed by atoms with Gasteiger partial charge >= 0.3 is 0 Å². The van der Waals surface area contributed by atoms with Gasteiger partial charge in [-0.25, -0.2) is 8.42 Å². The highest BCUT2D eigenvalue weighted by Crippen LogP contribution is 2.47. The number of benzene rings is 1. The van der Waals surface area contributed by atoms with Crippen molar-refractivity contribution in [2.24, 2.45) is 10.4 Å². The lowest BCUT2D eigenvalue weighted by atomic mass is 9.96. The van der Waals surface area contributed by atoms with Crippen LogP contribution < -0.4 is 5.32 Å². The number of rotatable bonds is 9. The fraction of sp³-hybridized carbons (Fsp3) is 0.682. The van der Waals surface area contributed by atoms with Gasteiger partial charge in [0.2, 0.25) is 10.0 Å². The van der Waals surface area contributed by atoms with Crippen LogP contribution in [0.3, 0.4) is 0 Å². The van der Waals surface area contributed by atoms with Crippen LogP contribution in [0.5, 0.6) is 0 Å². The molecular weight excluding hydrogens is 400 g/mol. The highest BCUT2D eigenvalue weighted by Gasteiger charge is 2.42. The van der Waals surface area contributed by atoms with Gasteiger partial charge in [0.25, 0.3) is 0 Å². The van der Waals surface area contributed by atoms with E-state index in [0.29, 0.717) is 31.6 Å². The number of nitrogens with one attached hydrogen (secondary N) is 1. The smallest absolute Gasteiger partial charge is 0.216 e. The van der Waals surface area contributed by atoms with Gasteiger partial charge in [-0.15, -0.1) is 0 Å². The standard InChI is InChI=1S/C22H36N4O3S/c1-19(2)29-15-16-30(27,28)26-13-11-25(12-14-26)21(23-3)24-18-22(9-10-22)17-20-7-5-4-6-8-20/h4-8,19H,9-18H2,1-3H3,(H,23,24). The van der Waals surface area contributed by atoms with Gasteiger partial charge in [-0.3, -0.25) is 4.99 Å². The third-order valence-electron chi connectivity index (χ3n) is 5.94. The molecule has 0 spiro atoms. The average molecular weight is 437 g/mol. The molecule has 1 aliphatic heterocycles. The molecule has 2 fully saturated rings. The second-order valence-corrected chi connectivity index (χ2v) is 10.8. The Bertz CT molecular complexity index is 799. The summed E-state index contributed by atoms with van der Waals surface area (Å²) >= 11 is 0. The van der Waals surface area contributed by atoms with Gasteiger partial charge in [0, 0.05) is 39.8 Å². The molecule has 0 atom stereocenters. The molecule has 1 aromatic rings. The highest BCUT2D eigenvalue weighted by atomic mass is 32.2. The van der Waals surface area contributed by atoms with Gasteiger partial charge in [0.05, 0.1) is 18.5 Å². The Morgan fingerprint density at radius 2 is 1.83 bits per heavy atom. The number of ether oxygens (including phenoxy) is 1. The first kappa shape index (κ1) is 23.0. The summed E-state index contributed by atoms with van der Waals surface area (Å²) in [6.45, 7) is 7.24. The van der Waals surface area contributed by atoms with Crippen molar-refractivity contribution in [3.63, 3.8) is 0 Å². The zero-order valence-corrected chi connectivity index (χ0v) is 19.3. The fourth-order valence-corrected chi connectivity index (χ4v) is 5.20. The second-order valence-electron chi connectivity index (χ2n) is 8.68. The number of sulfonamides is 1. The third-order valence-corrected chi connectivity index (χ3v) is 7.77. The van der Waals surface area contributed by atoms with Crippen molar-refractivity contribution in [2.45, 2.75) is 39.2 Å². The maximum absolute atomic E-state index is 12.5. The van der Waals surface area contributed by atoms with Crippen LogP contribution in [-0.2, 0) is 21.2 Å². The molecule has 1 aliphatic carbocycles. The zero-order chi connectivity index (χ0) is 21.6. The van der Waals surface area contributed by atoms with E-state index in [1.54, 1.807) is 11.4 Å². The van der Waals surface area contributed by atoms with Crippen LogP contribution in [0.4, 0.5) is 0 Å². The number of hydrogen-bond acceptors (Lipinski definition) is 4. The molecule has 1 saturated carbocycles. The lowest BCUT2D eigenvalue weighted by Crippen LogP contribution is -2.54. The second kappa shape index (κ2) is 10.1. The topological polar surface area (TPSA) is 74.2 Å². The molecule has 1 aromatic carbocycles. The summed E-state index contributed by atoms with van der Waals surface area (Å²) in [5, 5.41) is 3.55. The number of nitrogens with zero attached hydrogens (tertiary/aromatic N) is 3. The fourth-order valence-electron chi connectivity index (χ4n) is 3.92. The average Bonchev–Trinajstić information content (AvgIpc) is 3.48. The minimum absolute atomic E-state index is 0.0418. The molecule has 1 N–H and O–H groups in total. The van der Waals surface area contributed by atoms with Crippen molar-refractivity contribution in [1.82, 2.24) is 14.5 Å². The van der Waals surface area contributed by atoms with Crippen LogP contribution in [0.15, 0.2) is 35.3 Å². The molecule has 0 bridgehead atoms. The van der Waals surface area contributed by atoms with Gasteiger partial charge in [-0.05, 0) is 44.1 Å². The molecule has 0 amide bonds. The summed E-state index contributed by atoms with van der Waals surface area (Å²) in [6, 6.07) is 10.6. The van der Waals surface area contributed by atoms with Crippen molar-refractivity contribution in [2.75, 3.05) is 52.1 Å². The molecule has 30 heavy (non-hydrogen) atoms. The van der Waals surface area contributed by atoms with Crippen molar-refractivity contribution < 1.29 is 13.2 Å². The molecule has 0 aromatic heterocycles. The van der Waals surface area contributed by atoms with E-state index in [1.807, 2.05) is 13.8 Å². The molecule has 0 radical (unpaired) electrons. The predicted molar refractivity (Wildman–Crippen MR) is 121 cm³/mol. The normalized spacial score (nSPS) is 19.9. The monoisotopic (exact) mass is 436 g/mol. The predicted octanol–water partition coefficient (Wildman–Crippen LogP) is 1.96. The first-order chi connectivity index (χ1) is 14.3. The third kappa shape index (κ3) is 6.43. The Hall–Kier alpha value is -1.64. The Labute approximate surface area is 181 Å². The largest absolute Gasteiger partial charge is 0.378 e. The van der Waals surface area contributed by atoms with E-state index in [9.17, 15) is 8.42 Å². The van der Waals surface area contributed by atoms with Crippen molar-refractivity contribution in [1.29, 1.82) is 0 Å². The molecule has 1 saturated heterocycles. The van der Waals surface area contributed by atoms with Crippen molar-refractivity contribution in [3.8, 4) is 0 Å². The SMILES string of the molecule is CN=C(NCC1(Cc2ccccc2)CC1)N1CCN(S(=O)(=O)CCOC(C)C)CC1. The quantitative estimate of drug-likeness (QED) is 0.473. The Balaban J connectivity index is 1.46. The number of aliphatic imine (C=N–C) groups is 1. The maximum atomic E-state index is 12.5. The van der Waals surface area contributed by atoms with E-state index in [4.69, 9.17) is 4.74 Å². The van der Waals surface area contributed by atoms with E-state index < -0.39 is 10.0 Å². The van der Waals surface area contributed by atoms with E-state index >= 15 is 0 Å². The Morgan fingerprint density at radius 1 is 1.17 bits per heavy atom. The first-order valence-corrected chi connectivity index (χ1v) is 12.5. The van der Waals surface area contributed by atoms with Gasteiger partial charge in [0.15, 0.2) is 5.96 Å². The number of guanidine groups is 1. The maximum Gasteiger partial charge on any atom is 0.216 e. The zero-order valence-electron chi connectivity index (χ0n) is 18.5. The van der Waals surface area contributed by atoms with E-state index in [1.165, 1.54) is 18.4 Å². The molecule has 0 unspecified atom stereocenters. The van der Waals surface area contributed by atoms with Crippen LogP contribution in [0, 0.1) is 5.41 Å². The Morgan fingerprint density at radius 3 is 2.40 bits per heavy atom. The summed E-state index contributed by atoms with van der Waals surface area (Å²) in [6.07, 6.45) is 3.60. The molecule has 2 aliphatic rings. The van der Waals surface area contributed by atoms with Gasteiger partial charge in [0.1, 0.15) is 0 Å². The highest BCUT2D eigenvalue weighted by molar-refractivity contribution is 7.89. The molecule has 3 rings (SSSR count).